The van der Waals surface area contributed by atoms with Gasteiger partial charge in [-0.05, 0) is 37.3 Å². The van der Waals surface area contributed by atoms with E-state index in [4.69, 9.17) is 0 Å². The number of carbonyl (C=O) groups is 2. The highest BCUT2D eigenvalue weighted by molar-refractivity contribution is 5.93. The van der Waals surface area contributed by atoms with Crippen molar-refractivity contribution in [2.75, 3.05) is 13.1 Å². The second-order valence-corrected chi connectivity index (χ2v) is 5.56. The minimum Gasteiger partial charge on any atom is -0.356 e. The molecule has 1 aliphatic rings. The molecule has 5 nitrogen and oxygen atoms in total. The lowest BCUT2D eigenvalue weighted by atomic mass is 10.0. The molecule has 0 aliphatic heterocycles. The Labute approximate surface area is 125 Å². The van der Waals surface area contributed by atoms with Gasteiger partial charge >= 0.3 is 0 Å². The van der Waals surface area contributed by atoms with Crippen LogP contribution in [0.2, 0.25) is 0 Å². The molecular formula is C16H23N3O2. The summed E-state index contributed by atoms with van der Waals surface area (Å²) in [6, 6.07) is 3.46. The van der Waals surface area contributed by atoms with Gasteiger partial charge in [-0.1, -0.05) is 12.8 Å². The van der Waals surface area contributed by atoms with Gasteiger partial charge in [-0.15, -0.1) is 0 Å². The van der Waals surface area contributed by atoms with Crippen LogP contribution < -0.4 is 10.6 Å². The second kappa shape index (κ2) is 8.39. The highest BCUT2D eigenvalue weighted by atomic mass is 16.2. The molecule has 5 heteroatoms. The molecule has 0 atom stereocenters. The molecule has 0 aromatic carbocycles. The zero-order valence-electron chi connectivity index (χ0n) is 12.3. The Morgan fingerprint density at radius 1 is 1.19 bits per heavy atom. The minimum absolute atomic E-state index is 0.125. The fourth-order valence-electron chi connectivity index (χ4n) is 2.67. The summed E-state index contributed by atoms with van der Waals surface area (Å²) in [4.78, 5) is 27.3. The third-order valence-electron chi connectivity index (χ3n) is 3.83. The first-order chi connectivity index (χ1) is 10.3. The van der Waals surface area contributed by atoms with Crippen LogP contribution >= 0.6 is 0 Å². The average Bonchev–Trinajstić information content (AvgIpc) is 3.00. The van der Waals surface area contributed by atoms with Gasteiger partial charge in [-0.3, -0.25) is 14.6 Å². The van der Waals surface area contributed by atoms with Gasteiger partial charge in [0.05, 0.1) is 5.56 Å². The number of amides is 2. The number of hydrogen-bond acceptors (Lipinski definition) is 3. The zero-order valence-corrected chi connectivity index (χ0v) is 12.3. The average molecular weight is 289 g/mol. The van der Waals surface area contributed by atoms with E-state index in [0.717, 1.165) is 6.42 Å². The highest BCUT2D eigenvalue weighted by Crippen LogP contribution is 2.27. The third kappa shape index (κ3) is 5.53. The van der Waals surface area contributed by atoms with Crippen molar-refractivity contribution in [3.63, 3.8) is 0 Å². The van der Waals surface area contributed by atoms with E-state index < -0.39 is 0 Å². The number of nitrogens with one attached hydrogen (secondary N) is 2. The number of hydrogen-bond donors (Lipinski definition) is 2. The SMILES string of the molecule is O=C(CC1CCCC1)NCCCNC(=O)c1cccnc1. The lowest BCUT2D eigenvalue weighted by Gasteiger charge is -2.10. The van der Waals surface area contributed by atoms with Crippen LogP contribution in [0.25, 0.3) is 0 Å². The Bertz CT molecular complexity index is 456. The van der Waals surface area contributed by atoms with Gasteiger partial charge < -0.3 is 10.6 Å². The zero-order chi connectivity index (χ0) is 14.9. The van der Waals surface area contributed by atoms with Crippen molar-refractivity contribution >= 4 is 11.8 Å². The Hall–Kier alpha value is -1.91. The van der Waals surface area contributed by atoms with Crippen molar-refractivity contribution < 1.29 is 9.59 Å². The third-order valence-corrected chi connectivity index (χ3v) is 3.83. The molecule has 1 aromatic rings. The maximum absolute atomic E-state index is 11.7. The van der Waals surface area contributed by atoms with Crippen LogP contribution in [0.5, 0.6) is 0 Å². The highest BCUT2D eigenvalue weighted by Gasteiger charge is 2.17. The number of pyridine rings is 1. The Balaban J connectivity index is 1.53. The maximum atomic E-state index is 11.7. The molecule has 0 radical (unpaired) electrons. The number of carbonyl (C=O) groups excluding carboxylic acids is 2. The van der Waals surface area contributed by atoms with Gasteiger partial charge in [0, 0.05) is 31.9 Å². The minimum atomic E-state index is -0.125. The van der Waals surface area contributed by atoms with Crippen molar-refractivity contribution in [2.24, 2.45) is 5.92 Å². The lowest BCUT2D eigenvalue weighted by molar-refractivity contribution is -0.121. The first kappa shape index (κ1) is 15.5. The fourth-order valence-corrected chi connectivity index (χ4v) is 2.67. The van der Waals surface area contributed by atoms with Gasteiger partial charge in [0.25, 0.3) is 5.91 Å². The maximum Gasteiger partial charge on any atom is 0.252 e. The van der Waals surface area contributed by atoms with Gasteiger partial charge in [0.2, 0.25) is 5.91 Å². The van der Waals surface area contributed by atoms with E-state index in [1.165, 1.54) is 25.7 Å². The molecule has 1 aromatic heterocycles. The molecule has 1 saturated carbocycles. The van der Waals surface area contributed by atoms with Crippen LogP contribution in [0.15, 0.2) is 24.5 Å². The van der Waals surface area contributed by atoms with E-state index in [0.29, 0.717) is 31.0 Å². The summed E-state index contributed by atoms with van der Waals surface area (Å²) >= 11 is 0. The van der Waals surface area contributed by atoms with Crippen LogP contribution in [-0.2, 0) is 4.79 Å². The Morgan fingerprint density at radius 3 is 2.67 bits per heavy atom. The smallest absolute Gasteiger partial charge is 0.252 e. The predicted molar refractivity (Wildman–Crippen MR) is 80.8 cm³/mol. The molecule has 0 saturated heterocycles. The molecule has 21 heavy (non-hydrogen) atoms. The van der Waals surface area contributed by atoms with Gasteiger partial charge in [0.15, 0.2) is 0 Å². The van der Waals surface area contributed by atoms with E-state index in [1.54, 1.807) is 24.5 Å². The molecule has 2 N–H and O–H groups in total. The van der Waals surface area contributed by atoms with Crippen molar-refractivity contribution in [1.29, 1.82) is 0 Å². The van der Waals surface area contributed by atoms with Crippen LogP contribution in [0.3, 0.4) is 0 Å². The van der Waals surface area contributed by atoms with E-state index in [2.05, 4.69) is 15.6 Å². The summed E-state index contributed by atoms with van der Waals surface area (Å²) in [5.41, 5.74) is 0.558. The second-order valence-electron chi connectivity index (χ2n) is 5.56. The van der Waals surface area contributed by atoms with E-state index >= 15 is 0 Å². The molecule has 2 amide bonds. The molecule has 2 rings (SSSR count). The molecule has 1 heterocycles. The van der Waals surface area contributed by atoms with Crippen LogP contribution in [0.1, 0.15) is 48.9 Å². The van der Waals surface area contributed by atoms with E-state index in [1.807, 2.05) is 0 Å². The molecular weight excluding hydrogens is 266 g/mol. The fraction of sp³-hybridized carbons (Fsp3) is 0.562. The lowest BCUT2D eigenvalue weighted by Crippen LogP contribution is -2.30. The number of aromatic nitrogens is 1. The molecule has 0 spiro atoms. The summed E-state index contributed by atoms with van der Waals surface area (Å²) < 4.78 is 0. The Kier molecular flexibility index (Phi) is 6.19. The Morgan fingerprint density at radius 2 is 1.95 bits per heavy atom. The summed E-state index contributed by atoms with van der Waals surface area (Å²) in [5, 5.41) is 5.74. The molecule has 1 fully saturated rings. The first-order valence-electron chi connectivity index (χ1n) is 7.70. The van der Waals surface area contributed by atoms with Gasteiger partial charge in [0.1, 0.15) is 0 Å². The van der Waals surface area contributed by atoms with Crippen molar-refractivity contribution in [3.8, 4) is 0 Å². The summed E-state index contributed by atoms with van der Waals surface area (Å²) in [5.74, 6) is 0.594. The van der Waals surface area contributed by atoms with Crippen LogP contribution in [0, 0.1) is 5.92 Å². The van der Waals surface area contributed by atoms with E-state index in [9.17, 15) is 9.59 Å². The number of rotatable bonds is 7. The van der Waals surface area contributed by atoms with Crippen LogP contribution in [0.4, 0.5) is 0 Å². The van der Waals surface area contributed by atoms with Gasteiger partial charge in [-0.2, -0.15) is 0 Å². The standard InChI is InChI=1S/C16H23N3O2/c20-15(11-13-5-1-2-6-13)18-9-4-10-19-16(21)14-7-3-8-17-12-14/h3,7-8,12-13H,1-2,4-6,9-11H2,(H,18,20)(H,19,21). The van der Waals surface area contributed by atoms with Gasteiger partial charge in [-0.25, -0.2) is 0 Å². The van der Waals surface area contributed by atoms with Crippen molar-refractivity contribution in [1.82, 2.24) is 15.6 Å². The monoisotopic (exact) mass is 289 g/mol. The summed E-state index contributed by atoms with van der Waals surface area (Å²) in [6.45, 7) is 1.16. The molecule has 0 unspecified atom stereocenters. The van der Waals surface area contributed by atoms with Crippen LogP contribution in [-0.4, -0.2) is 29.9 Å². The summed E-state index contributed by atoms with van der Waals surface area (Å²) in [6.07, 6.45) is 9.47. The largest absolute Gasteiger partial charge is 0.356 e. The van der Waals surface area contributed by atoms with E-state index in [-0.39, 0.29) is 11.8 Å². The topological polar surface area (TPSA) is 71.1 Å². The number of nitrogens with zero attached hydrogens (tertiary/aromatic N) is 1. The molecule has 1 aliphatic carbocycles. The predicted octanol–water partition coefficient (Wildman–Crippen LogP) is 1.90. The molecule has 114 valence electrons. The summed E-state index contributed by atoms with van der Waals surface area (Å²) in [7, 11) is 0. The van der Waals surface area contributed by atoms with Crippen molar-refractivity contribution in [2.45, 2.75) is 38.5 Å². The quantitative estimate of drug-likeness (QED) is 0.753. The molecule has 0 bridgehead atoms. The normalized spacial score (nSPS) is 14.9. The first-order valence-corrected chi connectivity index (χ1v) is 7.70. The van der Waals surface area contributed by atoms with Crippen molar-refractivity contribution in [3.05, 3.63) is 30.1 Å².